The molecule has 1 fully saturated rings. The van der Waals surface area contributed by atoms with Gasteiger partial charge in [0.25, 0.3) is 0 Å². The van der Waals surface area contributed by atoms with Crippen molar-refractivity contribution in [1.29, 1.82) is 0 Å². The van der Waals surface area contributed by atoms with E-state index in [0.717, 1.165) is 43.7 Å². The molecule has 0 aromatic carbocycles. The minimum Gasteiger partial charge on any atom is -0.468 e. The van der Waals surface area contributed by atoms with Crippen molar-refractivity contribution in [2.24, 2.45) is 0 Å². The third-order valence-corrected chi connectivity index (χ3v) is 5.22. The molecule has 2 unspecified atom stereocenters. The molecular formula is C16H25NO3S. The van der Waals surface area contributed by atoms with Crippen LogP contribution >= 0.6 is 11.8 Å². The van der Waals surface area contributed by atoms with E-state index < -0.39 is 5.54 Å². The van der Waals surface area contributed by atoms with Crippen molar-refractivity contribution < 1.29 is 13.9 Å². The first-order valence-electron chi connectivity index (χ1n) is 7.76. The van der Waals surface area contributed by atoms with E-state index in [4.69, 9.17) is 9.15 Å². The Balaban J connectivity index is 1.91. The lowest BCUT2D eigenvalue weighted by Gasteiger charge is -2.28. The van der Waals surface area contributed by atoms with Crippen LogP contribution in [0.1, 0.15) is 45.3 Å². The summed E-state index contributed by atoms with van der Waals surface area (Å²) in [5.74, 6) is 1.78. The predicted octanol–water partition coefficient (Wildman–Crippen LogP) is 3.37. The van der Waals surface area contributed by atoms with Crippen molar-refractivity contribution in [1.82, 2.24) is 5.32 Å². The van der Waals surface area contributed by atoms with Gasteiger partial charge in [0.05, 0.1) is 18.6 Å². The highest BCUT2D eigenvalue weighted by Gasteiger charge is 2.46. The normalized spacial score (nSPS) is 25.1. The van der Waals surface area contributed by atoms with Crippen molar-refractivity contribution in [3.8, 4) is 0 Å². The van der Waals surface area contributed by atoms with Crippen LogP contribution in [0.15, 0.2) is 22.8 Å². The fraction of sp³-hybridized carbons (Fsp3) is 0.688. The zero-order valence-corrected chi connectivity index (χ0v) is 13.7. The smallest absolute Gasteiger partial charge is 0.326 e. The highest BCUT2D eigenvalue weighted by Crippen LogP contribution is 2.39. The maximum Gasteiger partial charge on any atom is 0.326 e. The minimum atomic E-state index is -0.479. The molecule has 1 N–H and O–H groups in total. The van der Waals surface area contributed by atoms with E-state index in [-0.39, 0.29) is 5.97 Å². The van der Waals surface area contributed by atoms with Gasteiger partial charge in [-0.05, 0) is 51.3 Å². The summed E-state index contributed by atoms with van der Waals surface area (Å²) in [4.78, 5) is 12.3. The predicted molar refractivity (Wildman–Crippen MR) is 85.3 cm³/mol. The van der Waals surface area contributed by atoms with Gasteiger partial charge in [0, 0.05) is 5.25 Å². The molecule has 5 heteroatoms. The molecular weight excluding hydrogens is 286 g/mol. The Hall–Kier alpha value is -0.940. The molecule has 1 heterocycles. The Morgan fingerprint density at radius 2 is 2.43 bits per heavy atom. The molecule has 1 aromatic heterocycles. The lowest BCUT2D eigenvalue weighted by atomic mass is 9.97. The van der Waals surface area contributed by atoms with Crippen LogP contribution in [0.5, 0.6) is 0 Å². The van der Waals surface area contributed by atoms with Gasteiger partial charge in [-0.15, -0.1) is 0 Å². The summed E-state index contributed by atoms with van der Waals surface area (Å²) in [5, 5.41) is 3.92. The topological polar surface area (TPSA) is 51.5 Å². The van der Waals surface area contributed by atoms with Crippen molar-refractivity contribution in [3.05, 3.63) is 24.2 Å². The van der Waals surface area contributed by atoms with Gasteiger partial charge in [-0.1, -0.05) is 6.92 Å². The number of nitrogens with one attached hydrogen (secondary N) is 1. The van der Waals surface area contributed by atoms with Gasteiger partial charge in [-0.2, -0.15) is 11.8 Å². The highest BCUT2D eigenvalue weighted by atomic mass is 32.2. The van der Waals surface area contributed by atoms with Crippen LogP contribution in [0.25, 0.3) is 0 Å². The van der Waals surface area contributed by atoms with Gasteiger partial charge in [0.2, 0.25) is 0 Å². The van der Waals surface area contributed by atoms with Crippen LogP contribution in [-0.4, -0.2) is 29.9 Å². The number of ether oxygens (including phenoxy) is 1. The molecule has 0 aliphatic heterocycles. The summed E-state index contributed by atoms with van der Waals surface area (Å²) in [5.41, 5.74) is -0.479. The monoisotopic (exact) mass is 311 g/mol. The molecule has 1 aliphatic carbocycles. The number of carbonyl (C=O) groups excluding carboxylic acids is 1. The van der Waals surface area contributed by atoms with Gasteiger partial charge in [0.1, 0.15) is 11.3 Å². The number of thioether (sulfide) groups is 1. The zero-order chi connectivity index (χ0) is 15.1. The van der Waals surface area contributed by atoms with Gasteiger partial charge in [-0.3, -0.25) is 4.79 Å². The molecule has 0 saturated heterocycles. The van der Waals surface area contributed by atoms with E-state index in [1.807, 2.05) is 30.8 Å². The standard InChI is InChI=1S/C16H25NO3S/c1-3-9-17-16(15(18)19-4-2)8-7-14(11-16)21-12-13-6-5-10-20-13/h5-6,10,14,17H,3-4,7-9,11-12H2,1-2H3. The van der Waals surface area contributed by atoms with Gasteiger partial charge in [-0.25, -0.2) is 0 Å². The first-order chi connectivity index (χ1) is 10.2. The van der Waals surface area contributed by atoms with Gasteiger partial charge >= 0.3 is 5.97 Å². The van der Waals surface area contributed by atoms with E-state index in [0.29, 0.717) is 11.9 Å². The average molecular weight is 311 g/mol. The summed E-state index contributed by atoms with van der Waals surface area (Å²) in [6, 6.07) is 3.91. The number of hydrogen-bond acceptors (Lipinski definition) is 5. The van der Waals surface area contributed by atoms with Crippen LogP contribution in [0.3, 0.4) is 0 Å². The maximum absolute atomic E-state index is 12.3. The van der Waals surface area contributed by atoms with E-state index in [9.17, 15) is 4.79 Å². The molecule has 4 nitrogen and oxygen atoms in total. The molecule has 21 heavy (non-hydrogen) atoms. The largest absolute Gasteiger partial charge is 0.468 e. The van der Waals surface area contributed by atoms with Crippen LogP contribution < -0.4 is 5.32 Å². The van der Waals surface area contributed by atoms with Gasteiger partial charge < -0.3 is 14.5 Å². The Labute approximate surface area is 131 Å². The molecule has 2 atom stereocenters. The number of carbonyl (C=O) groups is 1. The van der Waals surface area contributed by atoms with Crippen molar-refractivity contribution in [2.75, 3.05) is 13.2 Å². The van der Waals surface area contributed by atoms with E-state index in [2.05, 4.69) is 12.2 Å². The zero-order valence-electron chi connectivity index (χ0n) is 12.9. The van der Waals surface area contributed by atoms with Gasteiger partial charge in [0.15, 0.2) is 0 Å². The van der Waals surface area contributed by atoms with Crippen LogP contribution in [0.4, 0.5) is 0 Å². The molecule has 118 valence electrons. The third kappa shape index (κ3) is 4.27. The lowest BCUT2D eigenvalue weighted by Crippen LogP contribution is -2.51. The molecule has 1 saturated carbocycles. The maximum atomic E-state index is 12.3. The van der Waals surface area contributed by atoms with Crippen LogP contribution in [0.2, 0.25) is 0 Å². The highest BCUT2D eigenvalue weighted by molar-refractivity contribution is 7.99. The van der Waals surface area contributed by atoms with E-state index in [1.165, 1.54) is 0 Å². The second-order valence-electron chi connectivity index (χ2n) is 5.48. The van der Waals surface area contributed by atoms with Crippen molar-refractivity contribution in [3.63, 3.8) is 0 Å². The summed E-state index contributed by atoms with van der Waals surface area (Å²) < 4.78 is 10.7. The van der Waals surface area contributed by atoms with Crippen LogP contribution in [0, 0.1) is 0 Å². The fourth-order valence-electron chi connectivity index (χ4n) is 2.79. The summed E-state index contributed by atoms with van der Waals surface area (Å²) in [6.07, 6.45) is 5.47. The Bertz CT molecular complexity index is 435. The summed E-state index contributed by atoms with van der Waals surface area (Å²) in [6.45, 7) is 5.28. The third-order valence-electron chi connectivity index (χ3n) is 3.89. The lowest BCUT2D eigenvalue weighted by molar-refractivity contribution is -0.151. The van der Waals surface area contributed by atoms with Crippen molar-refractivity contribution in [2.45, 2.75) is 56.1 Å². The quantitative estimate of drug-likeness (QED) is 0.746. The minimum absolute atomic E-state index is 0.0838. The second-order valence-corrected chi connectivity index (χ2v) is 6.77. The first kappa shape index (κ1) is 16.4. The summed E-state index contributed by atoms with van der Waals surface area (Å²) in [7, 11) is 0. The number of furan rings is 1. The Morgan fingerprint density at radius 3 is 3.10 bits per heavy atom. The molecule has 0 bridgehead atoms. The Morgan fingerprint density at radius 1 is 1.57 bits per heavy atom. The number of esters is 1. The molecule has 1 aliphatic rings. The molecule has 1 aromatic rings. The SMILES string of the molecule is CCCNC1(C(=O)OCC)CCC(SCc2ccco2)C1. The second kappa shape index (κ2) is 7.90. The van der Waals surface area contributed by atoms with Crippen LogP contribution in [-0.2, 0) is 15.3 Å². The molecule has 0 radical (unpaired) electrons. The average Bonchev–Trinajstić information content (AvgIpc) is 3.13. The molecule has 0 amide bonds. The molecule has 2 rings (SSSR count). The molecule has 0 spiro atoms. The number of hydrogen-bond donors (Lipinski definition) is 1. The van der Waals surface area contributed by atoms with Crippen molar-refractivity contribution >= 4 is 17.7 Å². The first-order valence-corrected chi connectivity index (χ1v) is 8.81. The summed E-state index contributed by atoms with van der Waals surface area (Å²) >= 11 is 1.87. The van der Waals surface area contributed by atoms with E-state index >= 15 is 0 Å². The fourth-order valence-corrected chi connectivity index (χ4v) is 4.04. The number of rotatable bonds is 8. The Kier molecular flexibility index (Phi) is 6.18. The van der Waals surface area contributed by atoms with E-state index in [1.54, 1.807) is 6.26 Å².